The number of carboxylic acid groups (broad SMARTS) is 1. The van der Waals surface area contributed by atoms with Crippen molar-refractivity contribution in [3.8, 4) is 0 Å². The zero-order valence-electron chi connectivity index (χ0n) is 18.8. The molecule has 174 valence electrons. The second-order valence-corrected chi connectivity index (χ2v) is 9.19. The van der Waals surface area contributed by atoms with Gasteiger partial charge in [0.2, 0.25) is 0 Å². The number of para-hydroxylation sites is 1. The number of benzene rings is 2. The second kappa shape index (κ2) is 8.71. The normalized spacial score (nSPS) is 19.3. The Hall–Kier alpha value is -3.06. The first-order chi connectivity index (χ1) is 15.6. The predicted molar refractivity (Wildman–Crippen MR) is 123 cm³/mol. The Balaban J connectivity index is 1.94. The lowest BCUT2D eigenvalue weighted by atomic mass is 9.85. The number of hydrogen-bond donors (Lipinski definition) is 2. The van der Waals surface area contributed by atoms with Gasteiger partial charge in [0.05, 0.1) is 6.04 Å². The molecule has 0 amide bonds. The number of nitrogens with zero attached hydrogens (tertiary/aromatic N) is 1. The number of aromatic amines is 1. The van der Waals surface area contributed by atoms with Gasteiger partial charge in [-0.15, -0.1) is 0 Å². The molecule has 4 rings (SSSR count). The van der Waals surface area contributed by atoms with Crippen LogP contribution in [-0.4, -0.2) is 39.2 Å². The predicted octanol–water partition coefficient (Wildman–Crippen LogP) is 6.02. The number of hydrogen-bond acceptors (Lipinski definition) is 2. The number of halogens is 3. The van der Waals surface area contributed by atoms with E-state index in [1.54, 1.807) is 0 Å². The third kappa shape index (κ3) is 4.55. The molecule has 0 saturated heterocycles. The average Bonchev–Trinajstić information content (AvgIpc) is 3.10. The summed E-state index contributed by atoms with van der Waals surface area (Å²) in [5.74, 6) is -2.81. The van der Waals surface area contributed by atoms with Gasteiger partial charge in [0, 0.05) is 40.8 Å². The molecule has 0 radical (unpaired) electrons. The van der Waals surface area contributed by atoms with Gasteiger partial charge in [-0.25, -0.2) is 18.0 Å². The first kappa shape index (κ1) is 23.1. The van der Waals surface area contributed by atoms with Gasteiger partial charge >= 0.3 is 5.97 Å². The first-order valence-corrected chi connectivity index (χ1v) is 11.0. The zero-order chi connectivity index (χ0) is 23.9. The van der Waals surface area contributed by atoms with Crippen LogP contribution in [0.15, 0.2) is 42.5 Å². The summed E-state index contributed by atoms with van der Waals surface area (Å²) in [5, 5.41) is 9.83. The van der Waals surface area contributed by atoms with Crippen LogP contribution >= 0.6 is 0 Å². The number of rotatable bonds is 6. The molecule has 0 spiro atoms. The Kier molecular flexibility index (Phi) is 6.10. The summed E-state index contributed by atoms with van der Waals surface area (Å²) >= 11 is 0. The van der Waals surface area contributed by atoms with E-state index in [0.717, 1.165) is 40.8 Å². The number of aliphatic carboxylic acids is 1. The highest BCUT2D eigenvalue weighted by Gasteiger charge is 2.41. The van der Waals surface area contributed by atoms with Gasteiger partial charge in [0.25, 0.3) is 0 Å². The van der Waals surface area contributed by atoms with E-state index in [2.05, 4.69) is 4.98 Å². The van der Waals surface area contributed by atoms with Crippen molar-refractivity contribution in [2.24, 2.45) is 0 Å². The van der Waals surface area contributed by atoms with E-state index in [-0.39, 0.29) is 23.7 Å². The van der Waals surface area contributed by atoms with Crippen molar-refractivity contribution in [3.63, 3.8) is 0 Å². The summed E-state index contributed by atoms with van der Waals surface area (Å²) in [7, 11) is 0. The third-order valence-corrected chi connectivity index (χ3v) is 6.18. The average molecular weight is 457 g/mol. The summed E-state index contributed by atoms with van der Waals surface area (Å²) in [5.41, 5.74) is 0.879. The molecule has 1 aliphatic heterocycles. The maximum atomic E-state index is 15.5. The number of alkyl halides is 1. The minimum Gasteiger partial charge on any atom is -0.478 e. The molecule has 2 atom stereocenters. The highest BCUT2D eigenvalue weighted by atomic mass is 19.1. The molecule has 3 aromatic rings. The Bertz CT molecular complexity index is 1200. The molecule has 7 heteroatoms. The van der Waals surface area contributed by atoms with E-state index in [0.29, 0.717) is 18.5 Å². The van der Waals surface area contributed by atoms with Crippen LogP contribution in [0.2, 0.25) is 0 Å². The lowest BCUT2D eigenvalue weighted by Gasteiger charge is -2.44. The van der Waals surface area contributed by atoms with Crippen LogP contribution < -0.4 is 0 Å². The summed E-state index contributed by atoms with van der Waals surface area (Å²) in [6.07, 6.45) is 3.30. The number of carboxylic acids is 1. The van der Waals surface area contributed by atoms with Crippen molar-refractivity contribution in [2.75, 3.05) is 6.54 Å². The van der Waals surface area contributed by atoms with Gasteiger partial charge in [-0.3, -0.25) is 4.90 Å². The van der Waals surface area contributed by atoms with Crippen LogP contribution in [0.4, 0.5) is 13.2 Å². The van der Waals surface area contributed by atoms with Gasteiger partial charge < -0.3 is 10.1 Å². The Morgan fingerprint density at radius 2 is 1.91 bits per heavy atom. The molecule has 0 unspecified atom stereocenters. The molecule has 1 aromatic heterocycles. The van der Waals surface area contributed by atoms with Gasteiger partial charge in [-0.1, -0.05) is 25.1 Å². The monoisotopic (exact) mass is 456 g/mol. The minimum absolute atomic E-state index is 0.00449. The highest BCUT2D eigenvalue weighted by molar-refractivity contribution is 5.86. The highest BCUT2D eigenvalue weighted by Crippen LogP contribution is 2.44. The fraction of sp³-hybridized carbons (Fsp3) is 0.346. The second-order valence-electron chi connectivity index (χ2n) is 9.19. The number of nitrogens with one attached hydrogen (secondary N) is 1. The van der Waals surface area contributed by atoms with Crippen LogP contribution in [0, 0.1) is 11.6 Å². The third-order valence-electron chi connectivity index (χ3n) is 6.18. The molecule has 33 heavy (non-hydrogen) atoms. The molecule has 2 aromatic carbocycles. The smallest absolute Gasteiger partial charge is 0.328 e. The quantitative estimate of drug-likeness (QED) is 0.446. The van der Waals surface area contributed by atoms with Gasteiger partial charge in [-0.05, 0) is 62.1 Å². The van der Waals surface area contributed by atoms with Crippen LogP contribution in [0.5, 0.6) is 0 Å². The molecule has 0 aliphatic carbocycles. The Morgan fingerprint density at radius 1 is 1.24 bits per heavy atom. The van der Waals surface area contributed by atoms with E-state index < -0.39 is 29.3 Å². The fourth-order valence-electron chi connectivity index (χ4n) is 4.88. The van der Waals surface area contributed by atoms with Crippen molar-refractivity contribution in [3.05, 3.63) is 76.5 Å². The summed E-state index contributed by atoms with van der Waals surface area (Å²) in [4.78, 5) is 16.0. The van der Waals surface area contributed by atoms with Crippen molar-refractivity contribution in [1.29, 1.82) is 0 Å². The van der Waals surface area contributed by atoms with Gasteiger partial charge in [0.1, 0.15) is 17.3 Å². The van der Waals surface area contributed by atoms with E-state index in [1.165, 1.54) is 13.8 Å². The molecule has 0 saturated carbocycles. The van der Waals surface area contributed by atoms with E-state index in [4.69, 9.17) is 5.11 Å². The van der Waals surface area contributed by atoms with E-state index >= 15 is 8.78 Å². The van der Waals surface area contributed by atoms with Crippen molar-refractivity contribution < 1.29 is 23.1 Å². The fourth-order valence-corrected chi connectivity index (χ4v) is 4.88. The SMILES string of the molecule is CC[C@@H]1Cc2c([nH]c3ccccc23)[C@@H](c2c(F)cc(/C=C/C(=O)O)cc2F)N1CC(C)(C)F. The molecule has 2 heterocycles. The molecule has 0 bridgehead atoms. The van der Waals surface area contributed by atoms with Crippen LogP contribution in [0.1, 0.15) is 55.6 Å². The summed E-state index contributed by atoms with van der Waals surface area (Å²) in [6.45, 7) is 4.92. The Labute approximate surface area is 190 Å². The van der Waals surface area contributed by atoms with Crippen LogP contribution in [0.3, 0.4) is 0 Å². The molecule has 0 fully saturated rings. The van der Waals surface area contributed by atoms with Gasteiger partial charge in [0.15, 0.2) is 0 Å². The standard InChI is InChI=1S/C26H27F3N2O2/c1-4-16-13-18-17-7-5-6-8-21(17)30-24(18)25(31(16)14-26(2,3)29)23-19(27)11-15(12-20(23)28)9-10-22(32)33/h5-12,16,25,30H,4,13-14H2,1-3H3,(H,32,33)/b10-9+/t16-,25-/m1/s1. The first-order valence-electron chi connectivity index (χ1n) is 11.0. The lowest BCUT2D eigenvalue weighted by Crippen LogP contribution is -2.49. The van der Waals surface area contributed by atoms with E-state index in [9.17, 15) is 9.18 Å². The number of aromatic nitrogens is 1. The van der Waals surface area contributed by atoms with Crippen molar-refractivity contribution >= 4 is 22.9 Å². The Morgan fingerprint density at radius 3 is 2.52 bits per heavy atom. The zero-order valence-corrected chi connectivity index (χ0v) is 18.8. The van der Waals surface area contributed by atoms with E-state index in [1.807, 2.05) is 36.1 Å². The maximum Gasteiger partial charge on any atom is 0.328 e. The topological polar surface area (TPSA) is 56.3 Å². The lowest BCUT2D eigenvalue weighted by molar-refractivity contribution is -0.131. The molecule has 2 N–H and O–H groups in total. The maximum absolute atomic E-state index is 15.5. The van der Waals surface area contributed by atoms with Crippen molar-refractivity contribution in [2.45, 2.75) is 51.4 Å². The molecule has 4 nitrogen and oxygen atoms in total. The molecular weight excluding hydrogens is 429 g/mol. The minimum atomic E-state index is -1.58. The summed E-state index contributed by atoms with van der Waals surface area (Å²) < 4.78 is 45.8. The van der Waals surface area contributed by atoms with Crippen molar-refractivity contribution in [1.82, 2.24) is 9.88 Å². The molecule has 1 aliphatic rings. The number of H-pyrrole nitrogens is 1. The van der Waals surface area contributed by atoms with Crippen LogP contribution in [0.25, 0.3) is 17.0 Å². The largest absolute Gasteiger partial charge is 0.478 e. The van der Waals surface area contributed by atoms with Crippen LogP contribution in [-0.2, 0) is 11.2 Å². The van der Waals surface area contributed by atoms with Gasteiger partial charge in [-0.2, -0.15) is 0 Å². The molecular formula is C26H27F3N2O2. The number of carbonyl (C=O) groups is 1. The summed E-state index contributed by atoms with van der Waals surface area (Å²) in [6, 6.07) is 9.00. The number of fused-ring (bicyclic) bond motifs is 3.